The molecule has 0 atom stereocenters. The number of nitrogens with one attached hydrogen (secondary N) is 1. The molecule has 0 aromatic carbocycles. The summed E-state index contributed by atoms with van der Waals surface area (Å²) in [5.41, 5.74) is 0. The highest BCUT2D eigenvalue weighted by Crippen LogP contribution is 2.32. The minimum absolute atomic E-state index is 0.636. The summed E-state index contributed by atoms with van der Waals surface area (Å²) in [4.78, 5) is 0. The van der Waals surface area contributed by atoms with Gasteiger partial charge in [-0.2, -0.15) is 0 Å². The number of rotatable bonds is 0. The summed E-state index contributed by atoms with van der Waals surface area (Å²) < 4.78 is 48.6. The Morgan fingerprint density at radius 2 is 1.30 bits per heavy atom. The van der Waals surface area contributed by atoms with E-state index in [1.54, 1.807) is 0 Å². The van der Waals surface area contributed by atoms with E-state index in [2.05, 4.69) is 0 Å². The van der Waals surface area contributed by atoms with E-state index in [9.17, 15) is 17.6 Å². The lowest BCUT2D eigenvalue weighted by Crippen LogP contribution is -2.50. The Balaban J connectivity index is 2.56. The lowest BCUT2D eigenvalue weighted by molar-refractivity contribution is -0.131. The maximum absolute atomic E-state index is 12.2. The molecule has 5 heteroatoms. The zero-order valence-corrected chi connectivity index (χ0v) is 5.13. The third-order valence-corrected chi connectivity index (χ3v) is 1.28. The van der Waals surface area contributed by atoms with Gasteiger partial charge in [0.25, 0.3) is 11.8 Å². The van der Waals surface area contributed by atoms with Gasteiger partial charge in [0.15, 0.2) is 0 Å². The molecule has 0 aromatic rings. The van der Waals surface area contributed by atoms with E-state index in [1.807, 2.05) is 5.32 Å². The first kappa shape index (κ1) is 7.78. The Hall–Kier alpha value is -0.320. The molecule has 0 aromatic heterocycles. The van der Waals surface area contributed by atoms with Crippen LogP contribution in [0, 0.1) is 0 Å². The highest BCUT2D eigenvalue weighted by Gasteiger charge is 2.46. The minimum atomic E-state index is -3.25. The number of alkyl halides is 4. The van der Waals surface area contributed by atoms with E-state index in [4.69, 9.17) is 0 Å². The van der Waals surface area contributed by atoms with Crippen molar-refractivity contribution in [1.29, 1.82) is 0 Å². The van der Waals surface area contributed by atoms with Crippen LogP contribution in [0.2, 0.25) is 0 Å². The summed E-state index contributed by atoms with van der Waals surface area (Å²) in [6.45, 7) is -1.27. The summed E-state index contributed by atoms with van der Waals surface area (Å²) in [5, 5.41) is 1.97. The monoisotopic (exact) mass is 157 g/mol. The summed E-state index contributed by atoms with van der Waals surface area (Å²) in [7, 11) is 0. The van der Waals surface area contributed by atoms with Crippen LogP contribution in [-0.4, -0.2) is 24.9 Å². The zero-order chi connectivity index (χ0) is 7.83. The standard InChI is InChI=1S/C5H7F4N/c6-4(7)1-5(8,9)3-10-2-4/h10H,1-3H2. The van der Waals surface area contributed by atoms with E-state index < -0.39 is 31.4 Å². The van der Waals surface area contributed by atoms with Crippen LogP contribution in [0.3, 0.4) is 0 Å². The molecule has 1 aliphatic rings. The van der Waals surface area contributed by atoms with Crippen molar-refractivity contribution < 1.29 is 17.6 Å². The van der Waals surface area contributed by atoms with Gasteiger partial charge in [-0.25, -0.2) is 17.6 Å². The molecule has 60 valence electrons. The van der Waals surface area contributed by atoms with Crippen LogP contribution in [0.25, 0.3) is 0 Å². The number of halogens is 4. The van der Waals surface area contributed by atoms with Crippen LogP contribution in [0.15, 0.2) is 0 Å². The van der Waals surface area contributed by atoms with Crippen molar-refractivity contribution in [3.63, 3.8) is 0 Å². The second-order valence-electron chi connectivity index (χ2n) is 2.49. The summed E-state index contributed by atoms with van der Waals surface area (Å²) >= 11 is 0. The van der Waals surface area contributed by atoms with E-state index in [-0.39, 0.29) is 0 Å². The first-order valence-electron chi connectivity index (χ1n) is 2.88. The number of hydrogen-bond donors (Lipinski definition) is 1. The molecule has 1 heterocycles. The van der Waals surface area contributed by atoms with E-state index in [0.29, 0.717) is 0 Å². The Labute approximate surface area is 55.4 Å². The van der Waals surface area contributed by atoms with E-state index in [1.165, 1.54) is 0 Å². The molecule has 1 fully saturated rings. The molecule has 1 N–H and O–H groups in total. The smallest absolute Gasteiger partial charge is 0.266 e. The predicted molar refractivity (Wildman–Crippen MR) is 27.4 cm³/mol. The summed E-state index contributed by atoms with van der Waals surface area (Å²) in [5.74, 6) is -6.50. The molecule has 0 amide bonds. The molecule has 0 unspecified atom stereocenters. The molecule has 0 bridgehead atoms. The Kier molecular flexibility index (Phi) is 1.62. The molecule has 0 spiro atoms. The molecule has 0 saturated carbocycles. The maximum Gasteiger partial charge on any atom is 0.266 e. The van der Waals surface area contributed by atoms with Crippen molar-refractivity contribution in [1.82, 2.24) is 5.32 Å². The van der Waals surface area contributed by atoms with Crippen LogP contribution in [-0.2, 0) is 0 Å². The number of hydrogen-bond acceptors (Lipinski definition) is 1. The van der Waals surface area contributed by atoms with Crippen molar-refractivity contribution in [2.24, 2.45) is 0 Å². The van der Waals surface area contributed by atoms with Crippen molar-refractivity contribution in [3.8, 4) is 0 Å². The maximum atomic E-state index is 12.2. The van der Waals surface area contributed by atoms with Gasteiger partial charge in [-0.15, -0.1) is 0 Å². The quantitative estimate of drug-likeness (QED) is 0.522. The first-order chi connectivity index (χ1) is 4.41. The SMILES string of the molecule is FC1(F)CNCC(F)(F)C1. The molecular weight excluding hydrogens is 150 g/mol. The largest absolute Gasteiger partial charge is 0.306 e. The molecule has 1 saturated heterocycles. The van der Waals surface area contributed by atoms with Gasteiger partial charge in [0.2, 0.25) is 0 Å². The van der Waals surface area contributed by atoms with Gasteiger partial charge >= 0.3 is 0 Å². The van der Waals surface area contributed by atoms with Gasteiger partial charge in [-0.1, -0.05) is 0 Å². The molecular formula is C5H7F4N. The van der Waals surface area contributed by atoms with Gasteiger partial charge in [0.1, 0.15) is 0 Å². The molecule has 1 nitrogen and oxygen atoms in total. The lowest BCUT2D eigenvalue weighted by Gasteiger charge is -2.29. The molecule has 0 aliphatic carbocycles. The van der Waals surface area contributed by atoms with Gasteiger partial charge in [0, 0.05) is 0 Å². The van der Waals surface area contributed by atoms with Crippen molar-refractivity contribution in [3.05, 3.63) is 0 Å². The average molecular weight is 157 g/mol. The third-order valence-electron chi connectivity index (χ3n) is 1.28. The van der Waals surface area contributed by atoms with Gasteiger partial charge < -0.3 is 5.32 Å². The van der Waals surface area contributed by atoms with Gasteiger partial charge in [-0.3, -0.25) is 0 Å². The fourth-order valence-corrected chi connectivity index (χ4v) is 0.932. The van der Waals surface area contributed by atoms with Crippen molar-refractivity contribution in [2.75, 3.05) is 13.1 Å². The van der Waals surface area contributed by atoms with Gasteiger partial charge in [-0.05, 0) is 0 Å². The van der Waals surface area contributed by atoms with Crippen molar-refractivity contribution in [2.45, 2.75) is 18.3 Å². The van der Waals surface area contributed by atoms with Crippen molar-refractivity contribution >= 4 is 0 Å². The number of piperidine rings is 1. The van der Waals surface area contributed by atoms with E-state index >= 15 is 0 Å². The topological polar surface area (TPSA) is 12.0 Å². The van der Waals surface area contributed by atoms with Crippen LogP contribution in [0.5, 0.6) is 0 Å². The Morgan fingerprint density at radius 3 is 1.50 bits per heavy atom. The normalized spacial score (nSPS) is 30.0. The average Bonchev–Trinajstić information content (AvgIpc) is 1.56. The Bertz CT molecular complexity index is 120. The lowest BCUT2D eigenvalue weighted by atomic mass is 10.1. The highest BCUT2D eigenvalue weighted by molar-refractivity contribution is 4.86. The van der Waals surface area contributed by atoms with Crippen LogP contribution in [0.4, 0.5) is 17.6 Å². The second-order valence-corrected chi connectivity index (χ2v) is 2.49. The van der Waals surface area contributed by atoms with Crippen LogP contribution < -0.4 is 5.32 Å². The first-order valence-corrected chi connectivity index (χ1v) is 2.88. The fourth-order valence-electron chi connectivity index (χ4n) is 0.932. The second kappa shape index (κ2) is 2.08. The summed E-state index contributed by atoms with van der Waals surface area (Å²) in [6.07, 6.45) is -1.33. The fraction of sp³-hybridized carbons (Fsp3) is 1.00. The highest BCUT2D eigenvalue weighted by atomic mass is 19.3. The minimum Gasteiger partial charge on any atom is -0.306 e. The van der Waals surface area contributed by atoms with E-state index in [0.717, 1.165) is 0 Å². The summed E-state index contributed by atoms with van der Waals surface area (Å²) in [6, 6.07) is 0. The zero-order valence-electron chi connectivity index (χ0n) is 5.13. The predicted octanol–water partition coefficient (Wildman–Crippen LogP) is 1.25. The molecule has 0 radical (unpaired) electrons. The van der Waals surface area contributed by atoms with Crippen LogP contribution >= 0.6 is 0 Å². The molecule has 10 heavy (non-hydrogen) atoms. The molecule has 1 rings (SSSR count). The molecule has 1 aliphatic heterocycles. The Morgan fingerprint density at radius 1 is 0.900 bits per heavy atom. The van der Waals surface area contributed by atoms with Crippen LogP contribution in [0.1, 0.15) is 6.42 Å². The third kappa shape index (κ3) is 1.83. The van der Waals surface area contributed by atoms with Gasteiger partial charge in [0.05, 0.1) is 19.5 Å².